The van der Waals surface area contributed by atoms with Gasteiger partial charge in [-0.3, -0.25) is 18.9 Å². The maximum Gasteiger partial charge on any atom is 0.469 e. The zero-order chi connectivity index (χ0) is 23.2. The first-order valence-corrected chi connectivity index (χ1v) is 11.2. The van der Waals surface area contributed by atoms with E-state index in [1.807, 2.05) is 32.0 Å². The molecule has 0 amide bonds. The SMILES string of the molecule is Cc1cc(C)cc(Nc2nc3c(=O)[nH]c(N)nc3n2[C@H]2C[C@H](O)[C@@H](COP(=O)(O)O)O2)c1. The van der Waals surface area contributed by atoms with E-state index in [0.29, 0.717) is 5.69 Å². The summed E-state index contributed by atoms with van der Waals surface area (Å²) in [5.74, 6) is 0.101. The number of aliphatic hydroxyl groups is 1. The van der Waals surface area contributed by atoms with Crippen LogP contribution in [-0.2, 0) is 13.8 Å². The Kier molecular flexibility index (Phi) is 5.79. The molecular formula is C18H23N6O7P. The molecule has 32 heavy (non-hydrogen) atoms. The van der Waals surface area contributed by atoms with Gasteiger partial charge >= 0.3 is 7.82 Å². The van der Waals surface area contributed by atoms with Crippen LogP contribution in [0.2, 0.25) is 0 Å². The van der Waals surface area contributed by atoms with Crippen molar-refractivity contribution in [1.82, 2.24) is 19.5 Å². The number of aryl methyl sites for hydroxylation is 2. The predicted molar refractivity (Wildman–Crippen MR) is 114 cm³/mol. The number of aromatic amines is 1. The number of phosphoric acid groups is 1. The first-order valence-electron chi connectivity index (χ1n) is 9.67. The second kappa shape index (κ2) is 8.28. The first kappa shape index (κ1) is 22.4. The highest BCUT2D eigenvalue weighted by Gasteiger charge is 2.38. The van der Waals surface area contributed by atoms with Gasteiger partial charge in [-0.05, 0) is 37.1 Å². The van der Waals surface area contributed by atoms with E-state index in [9.17, 15) is 14.5 Å². The van der Waals surface area contributed by atoms with Crippen LogP contribution in [0.4, 0.5) is 17.6 Å². The maximum atomic E-state index is 12.4. The number of hydrogen-bond acceptors (Lipinski definition) is 9. The van der Waals surface area contributed by atoms with E-state index in [4.69, 9.17) is 20.3 Å². The summed E-state index contributed by atoms with van der Waals surface area (Å²) in [5.41, 5.74) is 8.05. The quantitative estimate of drug-likeness (QED) is 0.281. The highest BCUT2D eigenvalue weighted by atomic mass is 31.2. The summed E-state index contributed by atoms with van der Waals surface area (Å²) in [5, 5.41) is 13.5. The smallest absolute Gasteiger partial charge is 0.390 e. The van der Waals surface area contributed by atoms with Gasteiger partial charge in [0.15, 0.2) is 11.2 Å². The van der Waals surface area contributed by atoms with Crippen molar-refractivity contribution in [3.8, 4) is 0 Å². The van der Waals surface area contributed by atoms with E-state index >= 15 is 0 Å². The van der Waals surface area contributed by atoms with Crippen molar-refractivity contribution in [3.05, 3.63) is 39.7 Å². The summed E-state index contributed by atoms with van der Waals surface area (Å²) in [6.07, 6.45) is -2.92. The third kappa shape index (κ3) is 4.67. The number of fused-ring (bicyclic) bond motifs is 1. The Labute approximate surface area is 181 Å². The third-order valence-electron chi connectivity index (χ3n) is 4.95. The van der Waals surface area contributed by atoms with Gasteiger partial charge in [0, 0.05) is 12.1 Å². The molecule has 3 aromatic rings. The molecule has 4 rings (SSSR count). The fraction of sp³-hybridized carbons (Fsp3) is 0.389. The number of anilines is 3. The van der Waals surface area contributed by atoms with Gasteiger partial charge in [0.05, 0.1) is 12.7 Å². The molecule has 13 nitrogen and oxygen atoms in total. The van der Waals surface area contributed by atoms with Crippen LogP contribution in [-0.4, -0.2) is 53.2 Å². The Morgan fingerprint density at radius 3 is 2.66 bits per heavy atom. The van der Waals surface area contributed by atoms with Gasteiger partial charge in [-0.1, -0.05) is 6.07 Å². The summed E-state index contributed by atoms with van der Waals surface area (Å²) in [6.45, 7) is 3.36. The Bertz CT molecular complexity index is 1250. The largest absolute Gasteiger partial charge is 0.469 e. The summed E-state index contributed by atoms with van der Waals surface area (Å²) < 4.78 is 22.8. The van der Waals surface area contributed by atoms with Gasteiger partial charge in [-0.15, -0.1) is 0 Å². The molecule has 1 aromatic carbocycles. The molecule has 0 unspecified atom stereocenters. The van der Waals surface area contributed by atoms with Gasteiger partial charge in [0.25, 0.3) is 5.56 Å². The molecule has 1 aliphatic rings. The Morgan fingerprint density at radius 2 is 2.00 bits per heavy atom. The molecule has 1 aliphatic heterocycles. The van der Waals surface area contributed by atoms with Crippen LogP contribution in [0.5, 0.6) is 0 Å². The summed E-state index contributed by atoms with van der Waals surface area (Å²) in [7, 11) is -4.74. The average molecular weight is 466 g/mol. The van der Waals surface area contributed by atoms with Crippen LogP contribution in [0, 0.1) is 13.8 Å². The number of rotatable bonds is 6. The fourth-order valence-corrected chi connectivity index (χ4v) is 4.07. The lowest BCUT2D eigenvalue weighted by Crippen LogP contribution is -2.26. The van der Waals surface area contributed by atoms with Crippen molar-refractivity contribution in [2.24, 2.45) is 0 Å². The number of nitrogens with zero attached hydrogens (tertiary/aromatic N) is 3. The van der Waals surface area contributed by atoms with Crippen LogP contribution in [0.15, 0.2) is 23.0 Å². The number of nitrogens with two attached hydrogens (primary N) is 1. The van der Waals surface area contributed by atoms with Crippen LogP contribution < -0.4 is 16.6 Å². The van der Waals surface area contributed by atoms with Crippen molar-refractivity contribution < 1.29 is 28.7 Å². The molecule has 0 saturated carbocycles. The van der Waals surface area contributed by atoms with Crippen molar-refractivity contribution in [2.75, 3.05) is 17.7 Å². The summed E-state index contributed by atoms with van der Waals surface area (Å²) in [4.78, 5) is 41.2. The van der Waals surface area contributed by atoms with E-state index < -0.39 is 38.4 Å². The molecule has 0 radical (unpaired) electrons. The van der Waals surface area contributed by atoms with Gasteiger partial charge in [-0.2, -0.15) is 4.98 Å². The maximum absolute atomic E-state index is 12.4. The predicted octanol–water partition coefficient (Wildman–Crippen LogP) is 0.820. The lowest BCUT2D eigenvalue weighted by Gasteiger charge is -2.18. The number of H-pyrrole nitrogens is 1. The summed E-state index contributed by atoms with van der Waals surface area (Å²) in [6, 6.07) is 5.79. The van der Waals surface area contributed by atoms with Crippen molar-refractivity contribution in [3.63, 3.8) is 0 Å². The minimum absolute atomic E-state index is 0.0130. The van der Waals surface area contributed by atoms with E-state index in [1.54, 1.807) is 0 Å². The Balaban J connectivity index is 1.74. The molecule has 0 bridgehead atoms. The lowest BCUT2D eigenvalue weighted by molar-refractivity contribution is -0.0417. The molecule has 14 heteroatoms. The van der Waals surface area contributed by atoms with Crippen molar-refractivity contribution in [1.29, 1.82) is 0 Å². The van der Waals surface area contributed by atoms with Gasteiger partial charge in [0.1, 0.15) is 12.3 Å². The van der Waals surface area contributed by atoms with E-state index in [1.165, 1.54) is 4.57 Å². The van der Waals surface area contributed by atoms with Crippen LogP contribution in [0.25, 0.3) is 11.2 Å². The highest BCUT2D eigenvalue weighted by molar-refractivity contribution is 7.46. The molecule has 7 N–H and O–H groups in total. The lowest BCUT2D eigenvalue weighted by atomic mass is 10.1. The third-order valence-corrected chi connectivity index (χ3v) is 5.43. The number of nitrogen functional groups attached to an aromatic ring is 1. The molecule has 3 atom stereocenters. The molecule has 172 valence electrons. The zero-order valence-electron chi connectivity index (χ0n) is 17.2. The van der Waals surface area contributed by atoms with Gasteiger partial charge in [0.2, 0.25) is 11.9 Å². The van der Waals surface area contributed by atoms with E-state index in [-0.39, 0.29) is 29.5 Å². The van der Waals surface area contributed by atoms with Crippen LogP contribution >= 0.6 is 7.82 Å². The van der Waals surface area contributed by atoms with Crippen LogP contribution in [0.1, 0.15) is 23.8 Å². The molecule has 1 fully saturated rings. The zero-order valence-corrected chi connectivity index (χ0v) is 18.1. The number of imidazole rings is 1. The Hall–Kier alpha value is -2.80. The van der Waals surface area contributed by atoms with Crippen molar-refractivity contribution in [2.45, 2.75) is 38.7 Å². The second-order valence-corrected chi connectivity index (χ2v) is 8.89. The van der Waals surface area contributed by atoms with Crippen LogP contribution in [0.3, 0.4) is 0 Å². The monoisotopic (exact) mass is 466 g/mol. The molecule has 3 heterocycles. The molecular weight excluding hydrogens is 443 g/mol. The molecule has 1 saturated heterocycles. The van der Waals surface area contributed by atoms with Gasteiger partial charge in [-0.25, -0.2) is 9.55 Å². The van der Waals surface area contributed by atoms with E-state index in [0.717, 1.165) is 11.1 Å². The molecule has 2 aromatic heterocycles. The number of aliphatic hydroxyl groups excluding tert-OH is 1. The average Bonchev–Trinajstić information content (AvgIpc) is 3.18. The summed E-state index contributed by atoms with van der Waals surface area (Å²) >= 11 is 0. The van der Waals surface area contributed by atoms with Crippen molar-refractivity contribution >= 4 is 36.6 Å². The highest BCUT2D eigenvalue weighted by Crippen LogP contribution is 2.39. The number of benzene rings is 1. The standard InChI is InChI=1S/C18H23N6O7P/c1-8-3-9(2)5-10(4-8)20-18-21-14-15(22-17(19)23-16(14)26)24(18)13-6-11(25)12(31-13)7-30-32(27,28)29/h3-5,11-13,25H,6-7H2,1-2H3,(H,20,21)(H2,27,28,29)(H3,19,22,23,26)/t11-,12+,13+/m0/s1. The number of hydrogen-bond donors (Lipinski definition) is 6. The van der Waals surface area contributed by atoms with E-state index in [2.05, 4.69) is 24.8 Å². The second-order valence-electron chi connectivity index (χ2n) is 7.65. The normalized spacial score (nSPS) is 21.3. The topological polar surface area (TPSA) is 198 Å². The molecule has 0 spiro atoms. The Morgan fingerprint density at radius 1 is 1.31 bits per heavy atom. The minimum Gasteiger partial charge on any atom is -0.390 e. The number of phosphoric ester groups is 1. The fourth-order valence-electron chi connectivity index (χ4n) is 3.73. The first-order chi connectivity index (χ1) is 15.0. The number of aromatic nitrogens is 4. The minimum atomic E-state index is -4.74. The number of nitrogens with one attached hydrogen (secondary N) is 2. The van der Waals surface area contributed by atoms with Gasteiger partial charge < -0.3 is 30.7 Å². The number of ether oxygens (including phenoxy) is 1. The molecule has 0 aliphatic carbocycles.